The van der Waals surface area contributed by atoms with Crippen LogP contribution in [-0.2, 0) is 14.8 Å². The molecule has 0 aromatic heterocycles. The summed E-state index contributed by atoms with van der Waals surface area (Å²) in [5.74, 6) is 0. The molecule has 1 heterocycles. The van der Waals surface area contributed by atoms with Crippen LogP contribution in [0.15, 0.2) is 30.3 Å². The van der Waals surface area contributed by atoms with Gasteiger partial charge in [-0.25, -0.2) is 8.42 Å². The number of morpholine rings is 1. The summed E-state index contributed by atoms with van der Waals surface area (Å²) in [4.78, 5) is 0. The lowest BCUT2D eigenvalue weighted by Gasteiger charge is -2.33. The average molecular weight is 241 g/mol. The molecule has 1 aromatic carbocycles. The molecule has 1 aromatic rings. The molecule has 1 unspecified atom stereocenters. The van der Waals surface area contributed by atoms with E-state index in [1.54, 1.807) is 0 Å². The van der Waals surface area contributed by atoms with E-state index in [1.165, 1.54) is 10.6 Å². The van der Waals surface area contributed by atoms with Crippen LogP contribution in [-0.4, -0.2) is 38.7 Å². The molecule has 88 valence electrons. The Morgan fingerprint density at radius 2 is 2.00 bits per heavy atom. The van der Waals surface area contributed by atoms with Crippen molar-refractivity contribution < 1.29 is 13.2 Å². The molecule has 1 aliphatic rings. The van der Waals surface area contributed by atoms with Crippen LogP contribution in [0.25, 0.3) is 0 Å². The van der Waals surface area contributed by atoms with Crippen molar-refractivity contribution in [3.63, 3.8) is 0 Å². The van der Waals surface area contributed by atoms with Gasteiger partial charge in [0.15, 0.2) is 0 Å². The molecule has 0 amide bonds. The minimum atomic E-state index is -3.17. The van der Waals surface area contributed by atoms with E-state index in [1.807, 2.05) is 30.3 Å². The molecule has 0 N–H and O–H groups in total. The van der Waals surface area contributed by atoms with Gasteiger partial charge in [-0.3, -0.25) is 0 Å². The molecule has 0 spiro atoms. The Bertz CT molecular complexity index is 444. The van der Waals surface area contributed by atoms with Crippen LogP contribution in [0.2, 0.25) is 0 Å². The van der Waals surface area contributed by atoms with Crippen molar-refractivity contribution in [3.8, 4) is 0 Å². The summed E-state index contributed by atoms with van der Waals surface area (Å²) < 4.78 is 30.1. The monoisotopic (exact) mass is 241 g/mol. The lowest BCUT2D eigenvalue weighted by Crippen LogP contribution is -2.42. The van der Waals surface area contributed by atoms with Crippen LogP contribution in [0.1, 0.15) is 11.6 Å². The highest BCUT2D eigenvalue weighted by molar-refractivity contribution is 7.88. The average Bonchev–Trinajstić information content (AvgIpc) is 2.29. The van der Waals surface area contributed by atoms with Gasteiger partial charge in [0.1, 0.15) is 0 Å². The van der Waals surface area contributed by atoms with Crippen molar-refractivity contribution in [3.05, 3.63) is 35.9 Å². The van der Waals surface area contributed by atoms with Gasteiger partial charge in [0.05, 0.1) is 25.5 Å². The summed E-state index contributed by atoms with van der Waals surface area (Å²) >= 11 is 0. The van der Waals surface area contributed by atoms with Gasteiger partial charge in [0, 0.05) is 6.54 Å². The topological polar surface area (TPSA) is 46.6 Å². The van der Waals surface area contributed by atoms with Gasteiger partial charge in [-0.05, 0) is 5.56 Å². The molecular formula is C11H15NO3S. The summed E-state index contributed by atoms with van der Waals surface area (Å²) in [5.41, 5.74) is 0.979. The van der Waals surface area contributed by atoms with E-state index in [9.17, 15) is 8.42 Å². The fourth-order valence-corrected chi connectivity index (χ4v) is 2.97. The third kappa shape index (κ3) is 2.42. The molecule has 1 fully saturated rings. The van der Waals surface area contributed by atoms with Crippen molar-refractivity contribution >= 4 is 10.0 Å². The van der Waals surface area contributed by atoms with E-state index in [0.29, 0.717) is 19.8 Å². The summed E-state index contributed by atoms with van der Waals surface area (Å²) in [6.07, 6.45) is 1.24. The Labute approximate surface area is 95.9 Å². The Morgan fingerprint density at radius 1 is 1.31 bits per heavy atom. The Morgan fingerprint density at radius 3 is 2.62 bits per heavy atom. The number of hydrogen-bond donors (Lipinski definition) is 0. The van der Waals surface area contributed by atoms with Crippen molar-refractivity contribution in [1.82, 2.24) is 4.31 Å². The normalized spacial score (nSPS) is 23.2. The van der Waals surface area contributed by atoms with Gasteiger partial charge in [0.25, 0.3) is 0 Å². The summed E-state index contributed by atoms with van der Waals surface area (Å²) in [7, 11) is -3.17. The van der Waals surface area contributed by atoms with E-state index in [0.717, 1.165) is 5.56 Å². The molecule has 1 saturated heterocycles. The SMILES string of the molecule is CS(=O)(=O)N1CCOCC1c1ccccc1. The second-order valence-corrected chi connectivity index (χ2v) is 5.81. The second kappa shape index (κ2) is 4.53. The molecule has 0 bridgehead atoms. The predicted octanol–water partition coefficient (Wildman–Crippen LogP) is 1.02. The Kier molecular flexibility index (Phi) is 3.28. The maximum atomic E-state index is 11.6. The molecule has 2 rings (SSSR count). The number of rotatable bonds is 2. The third-order valence-corrected chi connectivity index (χ3v) is 3.98. The van der Waals surface area contributed by atoms with Crippen molar-refractivity contribution in [1.29, 1.82) is 0 Å². The van der Waals surface area contributed by atoms with E-state index in [2.05, 4.69) is 0 Å². The third-order valence-electron chi connectivity index (χ3n) is 2.69. The Hall–Kier alpha value is -0.910. The molecule has 5 heteroatoms. The highest BCUT2D eigenvalue weighted by atomic mass is 32.2. The smallest absolute Gasteiger partial charge is 0.211 e. The van der Waals surface area contributed by atoms with E-state index < -0.39 is 10.0 Å². The first kappa shape index (κ1) is 11.6. The van der Waals surface area contributed by atoms with E-state index in [-0.39, 0.29) is 6.04 Å². The van der Waals surface area contributed by atoms with Crippen LogP contribution < -0.4 is 0 Å². The Balaban J connectivity index is 2.31. The van der Waals surface area contributed by atoms with Gasteiger partial charge in [0.2, 0.25) is 10.0 Å². The second-order valence-electron chi connectivity index (χ2n) is 3.88. The molecule has 0 saturated carbocycles. The fraction of sp³-hybridized carbons (Fsp3) is 0.455. The van der Waals surface area contributed by atoms with Gasteiger partial charge in [-0.1, -0.05) is 30.3 Å². The molecule has 4 nitrogen and oxygen atoms in total. The highest BCUT2D eigenvalue weighted by Gasteiger charge is 2.30. The maximum absolute atomic E-state index is 11.6. The van der Waals surface area contributed by atoms with Crippen LogP contribution in [0, 0.1) is 0 Å². The van der Waals surface area contributed by atoms with Crippen molar-refractivity contribution in [2.75, 3.05) is 26.0 Å². The van der Waals surface area contributed by atoms with Crippen LogP contribution in [0.4, 0.5) is 0 Å². The number of nitrogens with zero attached hydrogens (tertiary/aromatic N) is 1. The van der Waals surface area contributed by atoms with Gasteiger partial charge in [-0.2, -0.15) is 4.31 Å². The summed E-state index contributed by atoms with van der Waals surface area (Å²) in [6, 6.07) is 9.40. The first-order valence-electron chi connectivity index (χ1n) is 5.18. The van der Waals surface area contributed by atoms with Gasteiger partial charge in [-0.15, -0.1) is 0 Å². The van der Waals surface area contributed by atoms with Crippen molar-refractivity contribution in [2.24, 2.45) is 0 Å². The first-order valence-corrected chi connectivity index (χ1v) is 7.03. The molecule has 0 radical (unpaired) electrons. The summed E-state index contributed by atoms with van der Waals surface area (Å²) in [6.45, 7) is 1.33. The minimum absolute atomic E-state index is 0.190. The van der Waals surface area contributed by atoms with E-state index in [4.69, 9.17) is 4.74 Å². The highest BCUT2D eigenvalue weighted by Crippen LogP contribution is 2.25. The fourth-order valence-electron chi connectivity index (χ4n) is 1.92. The molecule has 0 aliphatic carbocycles. The van der Waals surface area contributed by atoms with Gasteiger partial charge >= 0.3 is 0 Å². The zero-order valence-electron chi connectivity index (χ0n) is 9.17. The van der Waals surface area contributed by atoms with Crippen LogP contribution in [0.3, 0.4) is 0 Å². The standard InChI is InChI=1S/C11H15NO3S/c1-16(13,14)12-7-8-15-9-11(12)10-5-3-2-4-6-10/h2-6,11H,7-9H2,1H3. The number of sulfonamides is 1. The van der Waals surface area contributed by atoms with Crippen LogP contribution >= 0.6 is 0 Å². The van der Waals surface area contributed by atoms with E-state index >= 15 is 0 Å². The minimum Gasteiger partial charge on any atom is -0.378 e. The zero-order chi connectivity index (χ0) is 11.6. The zero-order valence-corrected chi connectivity index (χ0v) is 9.98. The predicted molar refractivity (Wildman–Crippen MR) is 61.6 cm³/mol. The molecular weight excluding hydrogens is 226 g/mol. The van der Waals surface area contributed by atoms with Crippen molar-refractivity contribution in [2.45, 2.75) is 6.04 Å². The maximum Gasteiger partial charge on any atom is 0.211 e. The molecule has 16 heavy (non-hydrogen) atoms. The molecule has 1 aliphatic heterocycles. The lowest BCUT2D eigenvalue weighted by atomic mass is 10.1. The first-order chi connectivity index (χ1) is 7.59. The number of benzene rings is 1. The largest absolute Gasteiger partial charge is 0.378 e. The quantitative estimate of drug-likeness (QED) is 0.776. The van der Waals surface area contributed by atoms with Crippen LogP contribution in [0.5, 0.6) is 0 Å². The number of ether oxygens (including phenoxy) is 1. The lowest BCUT2D eigenvalue weighted by molar-refractivity contribution is 0.0324. The van der Waals surface area contributed by atoms with Gasteiger partial charge < -0.3 is 4.74 Å². The number of hydrogen-bond acceptors (Lipinski definition) is 3. The summed E-state index contributed by atoms with van der Waals surface area (Å²) in [5, 5.41) is 0. The molecule has 1 atom stereocenters.